The fraction of sp³-hybridized carbons (Fsp3) is 0.500. The molecule has 20 heavy (non-hydrogen) atoms. The molecule has 0 saturated heterocycles. The van der Waals surface area contributed by atoms with Crippen LogP contribution in [0, 0.1) is 5.92 Å². The zero-order valence-electron chi connectivity index (χ0n) is 11.8. The third kappa shape index (κ3) is 3.59. The number of amides is 1. The summed E-state index contributed by atoms with van der Waals surface area (Å²) in [6, 6.07) is 7.62. The average Bonchev–Trinajstić information content (AvgIpc) is 2.88. The minimum absolute atomic E-state index is 0.0149. The van der Waals surface area contributed by atoms with Crippen molar-refractivity contribution in [1.29, 1.82) is 0 Å². The van der Waals surface area contributed by atoms with Crippen LogP contribution in [0.4, 0.5) is 0 Å². The van der Waals surface area contributed by atoms with Gasteiger partial charge in [-0.15, -0.1) is 0 Å². The third-order valence-electron chi connectivity index (χ3n) is 3.87. The van der Waals surface area contributed by atoms with Crippen molar-refractivity contribution in [2.75, 3.05) is 0 Å². The smallest absolute Gasteiger partial charge is 0.306 e. The highest BCUT2D eigenvalue weighted by Gasteiger charge is 2.30. The molecule has 2 atom stereocenters. The van der Waals surface area contributed by atoms with Crippen LogP contribution in [0.25, 0.3) is 0 Å². The SMILES string of the molecule is CCCc1ccc(C(=O)N[C@H]2CC[C@@H](C(=O)O)C2)cc1. The van der Waals surface area contributed by atoms with Crippen LogP contribution < -0.4 is 5.32 Å². The molecule has 0 heterocycles. The molecule has 1 amide bonds. The van der Waals surface area contributed by atoms with Crippen LogP contribution in [-0.4, -0.2) is 23.0 Å². The predicted octanol–water partition coefficient (Wildman–Crippen LogP) is 2.62. The lowest BCUT2D eigenvalue weighted by Crippen LogP contribution is -2.33. The second-order valence-electron chi connectivity index (χ2n) is 5.47. The Morgan fingerprint density at radius 2 is 1.95 bits per heavy atom. The Bertz CT molecular complexity index is 481. The molecule has 0 radical (unpaired) electrons. The molecule has 1 aromatic carbocycles. The summed E-state index contributed by atoms with van der Waals surface area (Å²) < 4.78 is 0. The Kier molecular flexibility index (Phi) is 4.77. The number of carboxylic acids is 1. The number of aryl methyl sites for hydroxylation is 1. The molecule has 4 nitrogen and oxygen atoms in total. The van der Waals surface area contributed by atoms with Gasteiger partial charge in [-0.2, -0.15) is 0 Å². The molecule has 0 spiro atoms. The van der Waals surface area contributed by atoms with Gasteiger partial charge in [0.1, 0.15) is 0 Å². The molecular formula is C16H21NO3. The number of hydrogen-bond acceptors (Lipinski definition) is 2. The van der Waals surface area contributed by atoms with Crippen molar-refractivity contribution in [3.05, 3.63) is 35.4 Å². The van der Waals surface area contributed by atoms with E-state index in [1.807, 2.05) is 24.3 Å². The number of carboxylic acid groups (broad SMARTS) is 1. The van der Waals surface area contributed by atoms with E-state index in [0.717, 1.165) is 19.3 Å². The van der Waals surface area contributed by atoms with Crippen LogP contribution in [0.15, 0.2) is 24.3 Å². The maximum atomic E-state index is 12.1. The topological polar surface area (TPSA) is 66.4 Å². The van der Waals surface area contributed by atoms with Gasteiger partial charge < -0.3 is 10.4 Å². The van der Waals surface area contributed by atoms with E-state index in [1.165, 1.54) is 5.56 Å². The lowest BCUT2D eigenvalue weighted by molar-refractivity contribution is -0.141. The van der Waals surface area contributed by atoms with E-state index in [0.29, 0.717) is 18.4 Å². The van der Waals surface area contributed by atoms with Crippen molar-refractivity contribution in [3.8, 4) is 0 Å². The molecule has 1 fully saturated rings. The van der Waals surface area contributed by atoms with Gasteiger partial charge in [-0.3, -0.25) is 9.59 Å². The Labute approximate surface area is 119 Å². The first-order chi connectivity index (χ1) is 9.60. The summed E-state index contributed by atoms with van der Waals surface area (Å²) in [7, 11) is 0. The highest BCUT2D eigenvalue weighted by molar-refractivity contribution is 5.94. The summed E-state index contributed by atoms with van der Waals surface area (Å²) in [6.07, 6.45) is 4.04. The van der Waals surface area contributed by atoms with E-state index in [4.69, 9.17) is 5.11 Å². The summed E-state index contributed by atoms with van der Waals surface area (Å²) in [5.74, 6) is -1.18. The highest BCUT2D eigenvalue weighted by Crippen LogP contribution is 2.25. The second kappa shape index (κ2) is 6.55. The fourth-order valence-electron chi connectivity index (χ4n) is 2.72. The number of aliphatic carboxylic acids is 1. The minimum Gasteiger partial charge on any atom is -0.481 e. The fourth-order valence-corrected chi connectivity index (χ4v) is 2.72. The number of benzene rings is 1. The van der Waals surface area contributed by atoms with E-state index in [-0.39, 0.29) is 17.9 Å². The van der Waals surface area contributed by atoms with E-state index in [1.54, 1.807) is 0 Å². The predicted molar refractivity (Wildman–Crippen MR) is 76.7 cm³/mol. The minimum atomic E-state index is -0.759. The van der Waals surface area contributed by atoms with Crippen LogP contribution >= 0.6 is 0 Å². The van der Waals surface area contributed by atoms with Gasteiger partial charge in [-0.25, -0.2) is 0 Å². The summed E-state index contributed by atoms with van der Waals surface area (Å²) in [6.45, 7) is 2.12. The number of hydrogen-bond donors (Lipinski definition) is 2. The molecule has 2 N–H and O–H groups in total. The molecule has 2 rings (SSSR count). The van der Waals surface area contributed by atoms with E-state index in [2.05, 4.69) is 12.2 Å². The Morgan fingerprint density at radius 3 is 2.50 bits per heavy atom. The Hall–Kier alpha value is -1.84. The molecular weight excluding hydrogens is 254 g/mol. The van der Waals surface area contributed by atoms with Crippen LogP contribution in [0.1, 0.15) is 48.5 Å². The molecule has 0 unspecified atom stereocenters. The molecule has 0 bridgehead atoms. The van der Waals surface area contributed by atoms with Crippen molar-refractivity contribution in [3.63, 3.8) is 0 Å². The number of rotatable bonds is 5. The summed E-state index contributed by atoms with van der Waals surface area (Å²) in [5, 5.41) is 11.9. The van der Waals surface area contributed by atoms with Crippen molar-refractivity contribution < 1.29 is 14.7 Å². The van der Waals surface area contributed by atoms with E-state index in [9.17, 15) is 9.59 Å². The zero-order valence-corrected chi connectivity index (χ0v) is 11.8. The molecule has 1 saturated carbocycles. The van der Waals surface area contributed by atoms with Gasteiger partial charge in [0.25, 0.3) is 5.91 Å². The molecule has 108 valence electrons. The second-order valence-corrected chi connectivity index (χ2v) is 5.47. The van der Waals surface area contributed by atoms with Crippen LogP contribution in [0.3, 0.4) is 0 Å². The Balaban J connectivity index is 1.90. The third-order valence-corrected chi connectivity index (χ3v) is 3.87. The van der Waals surface area contributed by atoms with Crippen LogP contribution in [0.2, 0.25) is 0 Å². The normalized spacial score (nSPS) is 21.6. The van der Waals surface area contributed by atoms with Crippen molar-refractivity contribution >= 4 is 11.9 Å². The van der Waals surface area contributed by atoms with Gasteiger partial charge >= 0.3 is 5.97 Å². The van der Waals surface area contributed by atoms with Gasteiger partial charge in [0.2, 0.25) is 0 Å². The van der Waals surface area contributed by atoms with Crippen molar-refractivity contribution in [2.45, 2.75) is 45.1 Å². The summed E-state index contributed by atoms with van der Waals surface area (Å²) in [5.41, 5.74) is 1.87. The number of carbonyl (C=O) groups excluding carboxylic acids is 1. The first kappa shape index (κ1) is 14.6. The quantitative estimate of drug-likeness (QED) is 0.868. The van der Waals surface area contributed by atoms with Gasteiger partial charge in [-0.05, 0) is 43.4 Å². The van der Waals surface area contributed by atoms with Crippen LogP contribution in [-0.2, 0) is 11.2 Å². The molecule has 1 aromatic rings. The van der Waals surface area contributed by atoms with Gasteiger partial charge in [-0.1, -0.05) is 25.5 Å². The molecule has 1 aliphatic carbocycles. The monoisotopic (exact) mass is 275 g/mol. The number of nitrogens with one attached hydrogen (secondary N) is 1. The standard InChI is InChI=1S/C16H21NO3/c1-2-3-11-4-6-12(7-5-11)15(18)17-14-9-8-13(10-14)16(19)20/h4-7,13-14H,2-3,8-10H2,1H3,(H,17,18)(H,19,20)/t13-,14+/m1/s1. The largest absolute Gasteiger partial charge is 0.481 e. The van der Waals surface area contributed by atoms with E-state index >= 15 is 0 Å². The van der Waals surface area contributed by atoms with Crippen LogP contribution in [0.5, 0.6) is 0 Å². The van der Waals surface area contributed by atoms with E-state index < -0.39 is 5.97 Å². The van der Waals surface area contributed by atoms with Crippen molar-refractivity contribution in [1.82, 2.24) is 5.32 Å². The lowest BCUT2D eigenvalue weighted by atomic mass is 10.1. The maximum absolute atomic E-state index is 12.1. The van der Waals surface area contributed by atoms with Crippen molar-refractivity contribution in [2.24, 2.45) is 5.92 Å². The Morgan fingerprint density at radius 1 is 1.25 bits per heavy atom. The maximum Gasteiger partial charge on any atom is 0.306 e. The van der Waals surface area contributed by atoms with Gasteiger partial charge in [0, 0.05) is 11.6 Å². The zero-order chi connectivity index (χ0) is 14.5. The molecule has 0 aliphatic heterocycles. The van der Waals surface area contributed by atoms with Gasteiger partial charge in [0.05, 0.1) is 5.92 Å². The molecule has 0 aromatic heterocycles. The van der Waals surface area contributed by atoms with Gasteiger partial charge in [0.15, 0.2) is 0 Å². The lowest BCUT2D eigenvalue weighted by Gasteiger charge is -2.12. The first-order valence-corrected chi connectivity index (χ1v) is 7.22. The first-order valence-electron chi connectivity index (χ1n) is 7.22. The summed E-state index contributed by atoms with van der Waals surface area (Å²) >= 11 is 0. The number of carbonyl (C=O) groups is 2. The molecule has 1 aliphatic rings. The average molecular weight is 275 g/mol. The summed E-state index contributed by atoms with van der Waals surface area (Å²) in [4.78, 5) is 23.0. The molecule has 4 heteroatoms. The highest BCUT2D eigenvalue weighted by atomic mass is 16.4.